The maximum Gasteiger partial charge on any atom is 0.287 e. The number of rotatable bonds is 7. The topological polar surface area (TPSA) is 109 Å². The highest BCUT2D eigenvalue weighted by atomic mass is 32.2. The van der Waals surface area contributed by atoms with Crippen molar-refractivity contribution >= 4 is 21.8 Å². The van der Waals surface area contributed by atoms with Crippen LogP contribution in [0.25, 0.3) is 0 Å². The summed E-state index contributed by atoms with van der Waals surface area (Å²) in [5.74, 6) is -0.661. The first-order chi connectivity index (χ1) is 14.3. The maximum atomic E-state index is 12.9. The van der Waals surface area contributed by atoms with E-state index in [1.54, 1.807) is 17.9 Å². The number of hydrogen-bond acceptors (Lipinski definition) is 5. The van der Waals surface area contributed by atoms with Crippen molar-refractivity contribution in [3.05, 3.63) is 53.7 Å². The number of sulfonamides is 1. The number of aryl methyl sites for hydroxylation is 1. The second kappa shape index (κ2) is 9.40. The largest absolute Gasteiger partial charge is 0.459 e. The molecule has 1 aliphatic heterocycles. The minimum Gasteiger partial charge on any atom is -0.459 e. The standard InChI is InChI=1S/C20H24FN3O5S/c1-14-9-13-29-19(14)20(26)23-16-7-11-24(12-8-16)18(25)6-10-22-30(27,28)17-4-2-15(21)3-5-17/h2-5,9,13,16,22H,6-8,10-12H2,1H3,(H,23,26). The number of carbonyl (C=O) groups is 2. The predicted molar refractivity (Wildman–Crippen MR) is 107 cm³/mol. The zero-order valence-electron chi connectivity index (χ0n) is 16.6. The van der Waals surface area contributed by atoms with E-state index in [4.69, 9.17) is 4.42 Å². The van der Waals surface area contributed by atoms with E-state index in [0.717, 1.165) is 17.7 Å². The van der Waals surface area contributed by atoms with Crippen LogP contribution < -0.4 is 10.0 Å². The number of amides is 2. The fourth-order valence-electron chi connectivity index (χ4n) is 3.28. The monoisotopic (exact) mass is 437 g/mol. The summed E-state index contributed by atoms with van der Waals surface area (Å²) in [4.78, 5) is 26.2. The summed E-state index contributed by atoms with van der Waals surface area (Å²) in [7, 11) is -3.79. The Bertz CT molecular complexity index is 996. The minimum atomic E-state index is -3.79. The van der Waals surface area contributed by atoms with Crippen molar-refractivity contribution in [2.75, 3.05) is 19.6 Å². The van der Waals surface area contributed by atoms with Crippen LogP contribution in [-0.4, -0.2) is 50.8 Å². The van der Waals surface area contributed by atoms with E-state index in [0.29, 0.717) is 31.7 Å². The highest BCUT2D eigenvalue weighted by Crippen LogP contribution is 2.15. The third-order valence-corrected chi connectivity index (χ3v) is 6.48. The number of nitrogens with zero attached hydrogens (tertiary/aromatic N) is 1. The molecule has 1 saturated heterocycles. The molecular formula is C20H24FN3O5S. The summed E-state index contributed by atoms with van der Waals surface area (Å²) in [5.41, 5.74) is 0.767. The van der Waals surface area contributed by atoms with Crippen molar-refractivity contribution in [3.8, 4) is 0 Å². The number of nitrogens with one attached hydrogen (secondary N) is 2. The molecule has 0 saturated carbocycles. The van der Waals surface area contributed by atoms with Crippen molar-refractivity contribution in [3.63, 3.8) is 0 Å². The zero-order valence-corrected chi connectivity index (χ0v) is 17.4. The average molecular weight is 437 g/mol. The van der Waals surface area contributed by atoms with Crippen molar-refractivity contribution in [2.24, 2.45) is 0 Å². The predicted octanol–water partition coefficient (Wildman–Crippen LogP) is 1.82. The number of piperidine rings is 1. The van der Waals surface area contributed by atoms with Gasteiger partial charge in [0.2, 0.25) is 15.9 Å². The molecule has 0 spiro atoms. The van der Waals surface area contributed by atoms with Crippen LogP contribution in [0.5, 0.6) is 0 Å². The molecule has 0 bridgehead atoms. The Morgan fingerprint density at radius 1 is 1.17 bits per heavy atom. The molecule has 0 atom stereocenters. The minimum absolute atomic E-state index is 0.0169. The zero-order chi connectivity index (χ0) is 21.7. The van der Waals surface area contributed by atoms with E-state index in [-0.39, 0.29) is 35.7 Å². The third kappa shape index (κ3) is 5.45. The molecule has 0 radical (unpaired) electrons. The highest BCUT2D eigenvalue weighted by Gasteiger charge is 2.25. The Morgan fingerprint density at radius 3 is 2.43 bits per heavy atom. The van der Waals surface area contributed by atoms with E-state index in [9.17, 15) is 22.4 Å². The summed E-state index contributed by atoms with van der Waals surface area (Å²) < 4.78 is 44.8. The van der Waals surface area contributed by atoms with Crippen LogP contribution in [0.1, 0.15) is 35.4 Å². The van der Waals surface area contributed by atoms with E-state index in [1.807, 2.05) is 0 Å². The molecule has 162 valence electrons. The van der Waals surface area contributed by atoms with E-state index < -0.39 is 15.8 Å². The van der Waals surface area contributed by atoms with Gasteiger partial charge < -0.3 is 14.6 Å². The van der Waals surface area contributed by atoms with Crippen LogP contribution in [0.2, 0.25) is 0 Å². The molecule has 1 aromatic carbocycles. The number of carbonyl (C=O) groups excluding carboxylic acids is 2. The Morgan fingerprint density at radius 2 is 1.83 bits per heavy atom. The summed E-state index contributed by atoms with van der Waals surface area (Å²) >= 11 is 0. The van der Waals surface area contributed by atoms with Gasteiger partial charge in [-0.3, -0.25) is 9.59 Å². The van der Waals surface area contributed by atoms with Gasteiger partial charge >= 0.3 is 0 Å². The molecule has 30 heavy (non-hydrogen) atoms. The molecule has 2 aromatic rings. The van der Waals surface area contributed by atoms with Crippen LogP contribution in [0, 0.1) is 12.7 Å². The Kier molecular flexibility index (Phi) is 6.88. The number of halogens is 1. The number of likely N-dealkylation sites (tertiary alicyclic amines) is 1. The molecule has 0 aliphatic carbocycles. The second-order valence-electron chi connectivity index (χ2n) is 7.16. The van der Waals surface area contributed by atoms with Gasteiger partial charge in [-0.15, -0.1) is 0 Å². The maximum absolute atomic E-state index is 12.9. The Labute approximate surface area is 174 Å². The first-order valence-corrected chi connectivity index (χ1v) is 11.1. The van der Waals surface area contributed by atoms with Crippen molar-refractivity contribution in [2.45, 2.75) is 37.1 Å². The summed E-state index contributed by atoms with van der Waals surface area (Å²) in [6, 6.07) is 6.14. The molecule has 1 fully saturated rings. The van der Waals surface area contributed by atoms with Gasteiger partial charge in [0.25, 0.3) is 5.91 Å². The lowest BCUT2D eigenvalue weighted by molar-refractivity contribution is -0.132. The van der Waals surface area contributed by atoms with Gasteiger partial charge in [0, 0.05) is 37.7 Å². The van der Waals surface area contributed by atoms with E-state index >= 15 is 0 Å². The number of furan rings is 1. The van der Waals surface area contributed by atoms with Crippen LogP contribution in [0.4, 0.5) is 4.39 Å². The average Bonchev–Trinajstić information content (AvgIpc) is 3.14. The quantitative estimate of drug-likeness (QED) is 0.687. The fourth-order valence-corrected chi connectivity index (χ4v) is 4.31. The van der Waals surface area contributed by atoms with Gasteiger partial charge in [-0.25, -0.2) is 17.5 Å². The van der Waals surface area contributed by atoms with Crippen LogP contribution >= 0.6 is 0 Å². The van der Waals surface area contributed by atoms with Gasteiger partial charge in [-0.05, 0) is 50.1 Å². The molecule has 3 rings (SSSR count). The van der Waals surface area contributed by atoms with Crippen molar-refractivity contribution < 1.29 is 26.8 Å². The van der Waals surface area contributed by atoms with Crippen molar-refractivity contribution in [1.29, 1.82) is 0 Å². The normalized spacial score (nSPS) is 15.2. The Balaban J connectivity index is 1.41. The second-order valence-corrected chi connectivity index (χ2v) is 8.93. The lowest BCUT2D eigenvalue weighted by Gasteiger charge is -2.32. The number of benzene rings is 1. The first-order valence-electron chi connectivity index (χ1n) is 9.64. The molecule has 2 heterocycles. The molecule has 10 heteroatoms. The van der Waals surface area contributed by atoms with Gasteiger partial charge in [0.15, 0.2) is 5.76 Å². The smallest absolute Gasteiger partial charge is 0.287 e. The fraction of sp³-hybridized carbons (Fsp3) is 0.400. The molecular weight excluding hydrogens is 413 g/mol. The van der Waals surface area contributed by atoms with Crippen LogP contribution in [0.3, 0.4) is 0 Å². The molecule has 8 nitrogen and oxygen atoms in total. The van der Waals surface area contributed by atoms with E-state index in [1.165, 1.54) is 18.4 Å². The molecule has 1 aromatic heterocycles. The van der Waals surface area contributed by atoms with E-state index in [2.05, 4.69) is 10.0 Å². The van der Waals surface area contributed by atoms with Crippen LogP contribution in [-0.2, 0) is 14.8 Å². The van der Waals surface area contributed by atoms with Gasteiger partial charge in [-0.1, -0.05) is 0 Å². The SMILES string of the molecule is Cc1ccoc1C(=O)NC1CCN(C(=O)CCNS(=O)(=O)c2ccc(F)cc2)CC1. The molecule has 0 unspecified atom stereocenters. The highest BCUT2D eigenvalue weighted by molar-refractivity contribution is 7.89. The third-order valence-electron chi connectivity index (χ3n) is 5.01. The van der Waals surface area contributed by atoms with Crippen molar-refractivity contribution in [1.82, 2.24) is 14.9 Å². The van der Waals surface area contributed by atoms with Gasteiger partial charge in [0.05, 0.1) is 11.2 Å². The lowest BCUT2D eigenvalue weighted by Crippen LogP contribution is -2.47. The first kappa shape index (κ1) is 22.0. The number of hydrogen-bond donors (Lipinski definition) is 2. The summed E-state index contributed by atoms with van der Waals surface area (Å²) in [6.45, 7) is 2.70. The summed E-state index contributed by atoms with van der Waals surface area (Å²) in [6.07, 6.45) is 2.70. The molecule has 2 N–H and O–H groups in total. The van der Waals surface area contributed by atoms with Gasteiger partial charge in [-0.2, -0.15) is 0 Å². The van der Waals surface area contributed by atoms with Gasteiger partial charge in [0.1, 0.15) is 5.82 Å². The molecule has 2 amide bonds. The summed E-state index contributed by atoms with van der Waals surface area (Å²) in [5, 5.41) is 2.92. The molecule has 1 aliphatic rings. The lowest BCUT2D eigenvalue weighted by atomic mass is 10.0. The van der Waals surface area contributed by atoms with Crippen LogP contribution in [0.15, 0.2) is 45.9 Å². The Hall–Kier alpha value is -2.72.